The van der Waals surface area contributed by atoms with E-state index in [2.05, 4.69) is 12.0 Å². The molecule has 0 saturated heterocycles. The van der Waals surface area contributed by atoms with E-state index in [1.807, 2.05) is 0 Å². The largest absolute Gasteiger partial charge is 0.436 e. The minimum Gasteiger partial charge on any atom is -0.392 e. The van der Waals surface area contributed by atoms with Crippen LogP contribution in [0.2, 0.25) is 0 Å². The molecule has 0 N–H and O–H groups in total. The fourth-order valence-electron chi connectivity index (χ4n) is 1.63. The van der Waals surface area contributed by atoms with Crippen LogP contribution in [0.25, 0.3) is 0 Å². The van der Waals surface area contributed by atoms with Gasteiger partial charge < -0.3 is 4.42 Å². The predicted octanol–water partition coefficient (Wildman–Crippen LogP) is 0.887. The highest BCUT2D eigenvalue weighted by atomic mass is 16.4. The lowest BCUT2D eigenvalue weighted by molar-refractivity contribution is 0.242. The monoisotopic (exact) mass is 168 g/mol. The molecule has 1 heterocycles. The summed E-state index contributed by atoms with van der Waals surface area (Å²) in [5, 5.41) is 4.00. The smallest absolute Gasteiger partial charge is 0.392 e. The average molecular weight is 168 g/mol. The molecule has 0 unspecified atom stereocenters. The van der Waals surface area contributed by atoms with Crippen LogP contribution in [0, 0.1) is 5.92 Å². The number of nitrogens with zero attached hydrogens (tertiary/aromatic N) is 2. The van der Waals surface area contributed by atoms with Gasteiger partial charge in [-0.25, -0.2) is 4.79 Å². The van der Waals surface area contributed by atoms with E-state index in [1.54, 1.807) is 7.05 Å². The van der Waals surface area contributed by atoms with E-state index in [0.29, 0.717) is 11.8 Å². The molecule has 1 aliphatic carbocycles. The van der Waals surface area contributed by atoms with Gasteiger partial charge in [-0.2, -0.15) is 4.68 Å². The molecule has 0 bridgehead atoms. The molecule has 0 spiro atoms. The van der Waals surface area contributed by atoms with Crippen LogP contribution in [0.4, 0.5) is 0 Å². The van der Waals surface area contributed by atoms with Crippen molar-refractivity contribution >= 4 is 0 Å². The minimum absolute atomic E-state index is 0.357. The Balaban J connectivity index is 2.19. The van der Waals surface area contributed by atoms with Gasteiger partial charge in [0.05, 0.1) is 0 Å². The molecule has 0 aliphatic heterocycles. The van der Waals surface area contributed by atoms with Crippen molar-refractivity contribution in [2.45, 2.75) is 25.7 Å². The summed E-state index contributed by atoms with van der Waals surface area (Å²) in [6, 6.07) is 0. The molecule has 66 valence electrons. The van der Waals surface area contributed by atoms with E-state index >= 15 is 0 Å². The number of aromatic nitrogens is 2. The summed E-state index contributed by atoms with van der Waals surface area (Å²) < 4.78 is 6.21. The lowest BCUT2D eigenvalue weighted by atomic mass is 9.76. The fraction of sp³-hybridized carbons (Fsp3) is 0.750. The quantitative estimate of drug-likeness (QED) is 0.625. The summed E-state index contributed by atoms with van der Waals surface area (Å²) in [5.74, 6) is 1.39. The molecule has 1 aliphatic rings. The van der Waals surface area contributed by atoms with Crippen molar-refractivity contribution < 1.29 is 4.42 Å². The lowest BCUT2D eigenvalue weighted by Gasteiger charge is -2.29. The predicted molar refractivity (Wildman–Crippen MR) is 42.9 cm³/mol. The number of aryl methyl sites for hydroxylation is 1. The summed E-state index contributed by atoms with van der Waals surface area (Å²) in [5.41, 5.74) is 0. The Bertz CT molecular complexity index is 333. The summed E-state index contributed by atoms with van der Waals surface area (Å²) >= 11 is 0. The van der Waals surface area contributed by atoms with Gasteiger partial charge >= 0.3 is 5.76 Å². The molecule has 1 saturated carbocycles. The van der Waals surface area contributed by atoms with E-state index < -0.39 is 0 Å². The lowest BCUT2D eigenvalue weighted by Crippen LogP contribution is -2.19. The Morgan fingerprint density at radius 3 is 2.67 bits per heavy atom. The summed E-state index contributed by atoms with van der Waals surface area (Å²) in [7, 11) is 1.61. The van der Waals surface area contributed by atoms with Crippen LogP contribution in [-0.4, -0.2) is 9.78 Å². The Labute approximate surface area is 70.2 Å². The molecule has 4 heteroatoms. The van der Waals surface area contributed by atoms with Crippen molar-refractivity contribution in [3.05, 3.63) is 16.4 Å². The molecule has 0 atom stereocenters. The van der Waals surface area contributed by atoms with E-state index in [4.69, 9.17) is 4.42 Å². The van der Waals surface area contributed by atoms with Crippen molar-refractivity contribution in [2.24, 2.45) is 13.0 Å². The van der Waals surface area contributed by atoms with Gasteiger partial charge in [0.1, 0.15) is 0 Å². The molecule has 1 aromatic heterocycles. The number of rotatable bonds is 1. The van der Waals surface area contributed by atoms with Gasteiger partial charge in [0.15, 0.2) is 0 Å². The summed E-state index contributed by atoms with van der Waals surface area (Å²) in [6.45, 7) is 2.19. The first-order chi connectivity index (χ1) is 5.66. The molecule has 1 aromatic rings. The van der Waals surface area contributed by atoms with Gasteiger partial charge in [-0.05, 0) is 18.8 Å². The van der Waals surface area contributed by atoms with Crippen molar-refractivity contribution in [1.82, 2.24) is 9.78 Å². The zero-order valence-electron chi connectivity index (χ0n) is 7.28. The van der Waals surface area contributed by atoms with E-state index in [1.165, 1.54) is 4.68 Å². The second-order valence-electron chi connectivity index (χ2n) is 3.60. The maximum absolute atomic E-state index is 10.9. The third-order valence-corrected chi connectivity index (χ3v) is 2.43. The first-order valence-electron chi connectivity index (χ1n) is 4.21. The molecule has 0 amide bonds. The van der Waals surface area contributed by atoms with Crippen LogP contribution in [0.5, 0.6) is 0 Å². The SMILES string of the molecule is CC1CC(c2nn(C)c(=O)o2)C1. The molecule has 12 heavy (non-hydrogen) atoms. The third-order valence-electron chi connectivity index (χ3n) is 2.43. The second-order valence-corrected chi connectivity index (χ2v) is 3.60. The maximum atomic E-state index is 10.9. The van der Waals surface area contributed by atoms with Crippen molar-refractivity contribution in [1.29, 1.82) is 0 Å². The molecule has 0 radical (unpaired) electrons. The normalized spacial score (nSPS) is 28.5. The standard InChI is InChI=1S/C8H12N2O2/c1-5-3-6(4-5)7-9-10(2)8(11)12-7/h5-6H,3-4H2,1-2H3. The number of hydrogen-bond donors (Lipinski definition) is 0. The summed E-state index contributed by atoms with van der Waals surface area (Å²) in [6.07, 6.45) is 2.19. The molecule has 2 rings (SSSR count). The maximum Gasteiger partial charge on any atom is 0.436 e. The highest BCUT2D eigenvalue weighted by Crippen LogP contribution is 2.39. The van der Waals surface area contributed by atoms with Crippen LogP contribution in [0.3, 0.4) is 0 Å². The fourth-order valence-corrected chi connectivity index (χ4v) is 1.63. The Kier molecular flexibility index (Phi) is 1.56. The van der Waals surface area contributed by atoms with E-state index in [9.17, 15) is 4.79 Å². The third kappa shape index (κ3) is 1.07. The highest BCUT2D eigenvalue weighted by molar-refractivity contribution is 4.97. The van der Waals surface area contributed by atoms with Crippen molar-refractivity contribution in [2.75, 3.05) is 0 Å². The van der Waals surface area contributed by atoms with E-state index in [0.717, 1.165) is 18.8 Å². The first-order valence-corrected chi connectivity index (χ1v) is 4.21. The first kappa shape index (κ1) is 7.58. The molecular weight excluding hydrogens is 156 g/mol. The zero-order chi connectivity index (χ0) is 8.72. The van der Waals surface area contributed by atoms with Crippen LogP contribution >= 0.6 is 0 Å². The van der Waals surface area contributed by atoms with E-state index in [-0.39, 0.29) is 5.76 Å². The van der Waals surface area contributed by atoms with Crippen molar-refractivity contribution in [3.8, 4) is 0 Å². The Morgan fingerprint density at radius 2 is 2.25 bits per heavy atom. The minimum atomic E-state index is -0.357. The van der Waals surface area contributed by atoms with Crippen LogP contribution in [0.15, 0.2) is 9.21 Å². The average Bonchev–Trinajstić information content (AvgIpc) is 2.26. The van der Waals surface area contributed by atoms with Crippen LogP contribution < -0.4 is 5.76 Å². The zero-order valence-corrected chi connectivity index (χ0v) is 7.28. The van der Waals surface area contributed by atoms with Gasteiger partial charge in [0.25, 0.3) is 0 Å². The van der Waals surface area contributed by atoms with Gasteiger partial charge in [0, 0.05) is 13.0 Å². The van der Waals surface area contributed by atoms with Gasteiger partial charge in [-0.3, -0.25) is 0 Å². The summed E-state index contributed by atoms with van der Waals surface area (Å²) in [4.78, 5) is 10.9. The second kappa shape index (κ2) is 2.47. The highest BCUT2D eigenvalue weighted by Gasteiger charge is 2.31. The topological polar surface area (TPSA) is 48.0 Å². The molecule has 1 fully saturated rings. The van der Waals surface area contributed by atoms with Crippen LogP contribution in [0.1, 0.15) is 31.6 Å². The Morgan fingerprint density at radius 1 is 1.58 bits per heavy atom. The molecule has 0 aromatic carbocycles. The number of hydrogen-bond acceptors (Lipinski definition) is 3. The van der Waals surface area contributed by atoms with Gasteiger partial charge in [-0.15, -0.1) is 5.10 Å². The van der Waals surface area contributed by atoms with Crippen molar-refractivity contribution in [3.63, 3.8) is 0 Å². The van der Waals surface area contributed by atoms with Gasteiger partial charge in [0.2, 0.25) is 5.89 Å². The molecule has 4 nitrogen and oxygen atoms in total. The molecular formula is C8H12N2O2. The Hall–Kier alpha value is -1.06. The van der Waals surface area contributed by atoms with Crippen LogP contribution in [-0.2, 0) is 7.05 Å². The van der Waals surface area contributed by atoms with Gasteiger partial charge in [-0.1, -0.05) is 6.92 Å².